The van der Waals surface area contributed by atoms with Crippen LogP contribution < -0.4 is 11.2 Å². The molecule has 0 saturated heterocycles. The number of fused-ring (bicyclic) bond motifs is 1. The van der Waals surface area contributed by atoms with Crippen LogP contribution in [-0.2, 0) is 0 Å². The number of thiophene rings is 1. The number of benzene rings is 2. The van der Waals surface area contributed by atoms with Crippen molar-refractivity contribution < 1.29 is 4.79 Å². The van der Waals surface area contributed by atoms with Gasteiger partial charge in [-0.15, -0.1) is 11.3 Å². The van der Waals surface area contributed by atoms with Gasteiger partial charge in [-0.3, -0.25) is 4.79 Å². The molecule has 1 heterocycles. The number of amides is 1. The maximum Gasteiger partial charge on any atom is 0.283 e. The second-order valence-electron chi connectivity index (χ2n) is 4.97. The number of hydrazone groups is 1. The van der Waals surface area contributed by atoms with Gasteiger partial charge in [0.2, 0.25) is 0 Å². The van der Waals surface area contributed by atoms with Gasteiger partial charge in [0.05, 0.1) is 10.7 Å². The van der Waals surface area contributed by atoms with E-state index >= 15 is 0 Å². The van der Waals surface area contributed by atoms with Crippen molar-refractivity contribution in [3.8, 4) is 0 Å². The first-order chi connectivity index (χ1) is 11.1. The molecule has 4 nitrogen and oxygen atoms in total. The molecule has 1 amide bonds. The smallest absolute Gasteiger partial charge is 0.283 e. The van der Waals surface area contributed by atoms with E-state index in [2.05, 4.69) is 10.5 Å². The van der Waals surface area contributed by atoms with Crippen molar-refractivity contribution in [2.24, 2.45) is 5.10 Å². The number of nitrogens with zero attached hydrogens (tertiary/aromatic N) is 1. The molecule has 0 aliphatic heterocycles. The van der Waals surface area contributed by atoms with Crippen molar-refractivity contribution >= 4 is 50.3 Å². The van der Waals surface area contributed by atoms with Gasteiger partial charge in [0.1, 0.15) is 4.88 Å². The molecule has 0 unspecified atom stereocenters. The minimum absolute atomic E-state index is 0.329. The van der Waals surface area contributed by atoms with Crippen molar-refractivity contribution in [1.29, 1.82) is 0 Å². The topological polar surface area (TPSA) is 67.5 Å². The second kappa shape index (κ2) is 6.40. The summed E-state index contributed by atoms with van der Waals surface area (Å²) < 4.78 is 0.968. The van der Waals surface area contributed by atoms with Crippen LogP contribution in [0.4, 0.5) is 5.69 Å². The molecule has 0 atom stereocenters. The zero-order chi connectivity index (χ0) is 16.4. The number of hydrogen-bond donors (Lipinski definition) is 2. The molecule has 23 heavy (non-hydrogen) atoms. The van der Waals surface area contributed by atoms with Gasteiger partial charge in [-0.1, -0.05) is 48.0 Å². The van der Waals surface area contributed by atoms with Crippen LogP contribution in [0.15, 0.2) is 53.6 Å². The minimum atomic E-state index is -0.329. The lowest BCUT2D eigenvalue weighted by atomic mass is 10.1. The third kappa shape index (κ3) is 3.06. The van der Waals surface area contributed by atoms with Crippen molar-refractivity contribution in [2.75, 3.05) is 5.73 Å². The van der Waals surface area contributed by atoms with Crippen LogP contribution in [0.3, 0.4) is 0 Å². The quantitative estimate of drug-likeness (QED) is 0.423. The number of hydrogen-bond acceptors (Lipinski definition) is 4. The van der Waals surface area contributed by atoms with Gasteiger partial charge in [-0.25, -0.2) is 5.43 Å². The maximum atomic E-state index is 12.3. The Morgan fingerprint density at radius 2 is 1.87 bits per heavy atom. The summed E-state index contributed by atoms with van der Waals surface area (Å²) >= 11 is 7.64. The van der Waals surface area contributed by atoms with Crippen LogP contribution in [0, 0.1) is 0 Å². The van der Waals surface area contributed by atoms with Gasteiger partial charge < -0.3 is 5.73 Å². The number of carbonyl (C=O) groups excluding carboxylic acids is 1. The first-order valence-electron chi connectivity index (χ1n) is 6.94. The highest BCUT2D eigenvalue weighted by Crippen LogP contribution is 2.34. The fourth-order valence-corrected chi connectivity index (χ4v) is 3.64. The standard InChI is InChI=1S/C17H14ClN3OS/c1-10(11-6-2-4-8-13(11)19)20-21-17(22)16-15(18)12-7-3-5-9-14(12)23-16/h2-9H,19H2,1H3,(H,21,22)/b20-10+. The second-order valence-corrected chi connectivity index (χ2v) is 6.40. The molecule has 0 aliphatic rings. The molecule has 6 heteroatoms. The van der Waals surface area contributed by atoms with E-state index < -0.39 is 0 Å². The molecule has 3 N–H and O–H groups in total. The predicted octanol–water partition coefficient (Wildman–Crippen LogP) is 4.29. The first kappa shape index (κ1) is 15.5. The van der Waals surface area contributed by atoms with E-state index in [1.165, 1.54) is 11.3 Å². The molecule has 2 aromatic carbocycles. The lowest BCUT2D eigenvalue weighted by Crippen LogP contribution is -2.18. The summed E-state index contributed by atoms with van der Waals surface area (Å²) in [6, 6.07) is 15.0. The molecular weight excluding hydrogens is 330 g/mol. The number of nitrogens with one attached hydrogen (secondary N) is 1. The van der Waals surface area contributed by atoms with Gasteiger partial charge in [0.15, 0.2) is 0 Å². The van der Waals surface area contributed by atoms with Gasteiger partial charge in [-0.2, -0.15) is 5.10 Å². The van der Waals surface area contributed by atoms with E-state index in [1.807, 2.05) is 42.5 Å². The van der Waals surface area contributed by atoms with Crippen LogP contribution in [-0.4, -0.2) is 11.6 Å². The Balaban J connectivity index is 1.85. The normalized spacial score (nSPS) is 11.7. The molecule has 3 rings (SSSR count). The van der Waals surface area contributed by atoms with Gasteiger partial charge in [0.25, 0.3) is 5.91 Å². The Kier molecular flexibility index (Phi) is 4.32. The summed E-state index contributed by atoms with van der Waals surface area (Å²) in [5.41, 5.74) is 10.5. The van der Waals surface area contributed by atoms with Crippen LogP contribution in [0.25, 0.3) is 10.1 Å². The Morgan fingerprint density at radius 1 is 1.17 bits per heavy atom. The molecule has 0 radical (unpaired) electrons. The zero-order valence-corrected chi connectivity index (χ0v) is 13.9. The van der Waals surface area contributed by atoms with Crippen LogP contribution in [0.1, 0.15) is 22.2 Å². The van der Waals surface area contributed by atoms with E-state index in [-0.39, 0.29) is 5.91 Å². The summed E-state index contributed by atoms with van der Waals surface area (Å²) in [6.07, 6.45) is 0. The van der Waals surface area contributed by atoms with E-state index in [1.54, 1.807) is 13.0 Å². The molecule has 0 fully saturated rings. The fourth-order valence-electron chi connectivity index (χ4n) is 2.23. The molecule has 0 bridgehead atoms. The number of nitrogens with two attached hydrogens (primary N) is 1. The van der Waals surface area contributed by atoms with Crippen LogP contribution in [0.5, 0.6) is 0 Å². The van der Waals surface area contributed by atoms with Gasteiger partial charge >= 0.3 is 0 Å². The third-order valence-corrected chi connectivity index (χ3v) is 5.09. The van der Waals surface area contributed by atoms with E-state index in [4.69, 9.17) is 17.3 Å². The van der Waals surface area contributed by atoms with Crippen molar-refractivity contribution in [3.05, 3.63) is 64.0 Å². The molecule has 0 spiro atoms. The van der Waals surface area contributed by atoms with Crippen molar-refractivity contribution in [1.82, 2.24) is 5.43 Å². The van der Waals surface area contributed by atoms with Crippen molar-refractivity contribution in [3.63, 3.8) is 0 Å². The van der Waals surface area contributed by atoms with Crippen molar-refractivity contribution in [2.45, 2.75) is 6.92 Å². The number of para-hydroxylation sites is 1. The molecular formula is C17H14ClN3OS. The number of rotatable bonds is 3. The summed E-state index contributed by atoms with van der Waals surface area (Å²) in [5.74, 6) is -0.329. The number of nitrogen functional groups attached to an aromatic ring is 1. The third-order valence-electron chi connectivity index (χ3n) is 3.42. The minimum Gasteiger partial charge on any atom is -0.398 e. The number of anilines is 1. The first-order valence-corrected chi connectivity index (χ1v) is 8.14. The summed E-state index contributed by atoms with van der Waals surface area (Å²) in [4.78, 5) is 12.8. The maximum absolute atomic E-state index is 12.3. The monoisotopic (exact) mass is 343 g/mol. The molecule has 0 aliphatic carbocycles. The van der Waals surface area contributed by atoms with Crippen LogP contribution in [0.2, 0.25) is 5.02 Å². The summed E-state index contributed by atoms with van der Waals surface area (Å²) in [7, 11) is 0. The number of halogens is 1. The lowest BCUT2D eigenvalue weighted by Gasteiger charge is -2.05. The summed E-state index contributed by atoms with van der Waals surface area (Å²) in [5, 5.41) is 5.45. The molecule has 3 aromatic rings. The Labute approximate surface area is 142 Å². The van der Waals surface area contributed by atoms with Gasteiger partial charge in [0, 0.05) is 21.3 Å². The average Bonchev–Trinajstić information content (AvgIpc) is 2.90. The van der Waals surface area contributed by atoms with E-state index in [0.717, 1.165) is 15.6 Å². The Hall–Kier alpha value is -2.37. The molecule has 0 saturated carbocycles. The zero-order valence-electron chi connectivity index (χ0n) is 12.3. The van der Waals surface area contributed by atoms with E-state index in [9.17, 15) is 4.79 Å². The summed E-state index contributed by atoms with van der Waals surface area (Å²) in [6.45, 7) is 1.79. The average molecular weight is 344 g/mol. The highest BCUT2D eigenvalue weighted by Gasteiger charge is 2.16. The molecule has 116 valence electrons. The van der Waals surface area contributed by atoms with Gasteiger partial charge in [-0.05, 0) is 19.1 Å². The highest BCUT2D eigenvalue weighted by atomic mass is 35.5. The predicted molar refractivity (Wildman–Crippen MR) is 97.4 cm³/mol. The molecule has 1 aromatic heterocycles. The lowest BCUT2D eigenvalue weighted by molar-refractivity contribution is 0.0959. The number of carbonyl (C=O) groups is 1. The highest BCUT2D eigenvalue weighted by molar-refractivity contribution is 7.21. The largest absolute Gasteiger partial charge is 0.398 e. The SMILES string of the molecule is C/C(=N\NC(=O)c1sc2ccccc2c1Cl)c1ccccc1N. The Bertz CT molecular complexity index is 917. The van der Waals surface area contributed by atoms with Crippen LogP contribution >= 0.6 is 22.9 Å². The Morgan fingerprint density at radius 3 is 2.61 bits per heavy atom. The fraction of sp³-hybridized carbons (Fsp3) is 0.0588. The van der Waals surface area contributed by atoms with E-state index in [0.29, 0.717) is 21.3 Å².